The molecule has 216 valence electrons. The van der Waals surface area contributed by atoms with Gasteiger partial charge >= 0.3 is 30.2 Å². The Morgan fingerprint density at radius 1 is 0.523 bits per heavy atom. The molecule has 0 saturated carbocycles. The van der Waals surface area contributed by atoms with Crippen LogP contribution in [0, 0.1) is 28.7 Å². The van der Waals surface area contributed by atoms with Crippen molar-refractivity contribution in [3.8, 4) is 22.3 Å². The molecule has 2 heterocycles. The van der Waals surface area contributed by atoms with E-state index in [-0.39, 0.29) is 14.9 Å². The number of rotatable bonds is 2. The molecule has 0 unspecified atom stereocenters. The maximum absolute atomic E-state index is 4.57. The molecule has 8 rings (SSSR count). The number of nitrogens with zero attached hydrogens (tertiary/aromatic N) is 2. The fraction of sp³-hybridized carbons (Fsp3) is 0.0500. The SMILES string of the molecule is Cc1cc2c(-c3cnc4ccccc4c3)cccc2[cH-]1.Cc1cc2c(-c3cnc4ccccc4c3)cccc2[cH-]1.[CH3-].[CH3-].[Si]=[Zr]. The second-order valence-electron chi connectivity index (χ2n) is 10.5. The molecular formula is C40H34N2SiZr-4. The fourth-order valence-corrected chi connectivity index (χ4v) is 5.71. The van der Waals surface area contributed by atoms with Crippen molar-refractivity contribution in [2.45, 2.75) is 13.8 Å². The van der Waals surface area contributed by atoms with E-state index in [0.717, 1.165) is 11.0 Å². The van der Waals surface area contributed by atoms with Crippen LogP contribution < -0.4 is 0 Å². The minimum atomic E-state index is 0. The monoisotopic (exact) mass is 660 g/mol. The van der Waals surface area contributed by atoms with Crippen molar-refractivity contribution in [3.05, 3.63) is 160 Å². The van der Waals surface area contributed by atoms with E-state index in [1.165, 1.54) is 89.0 Å². The average Bonchev–Trinajstić information content (AvgIpc) is 3.62. The van der Waals surface area contributed by atoms with Gasteiger partial charge < -0.3 is 14.9 Å². The Morgan fingerprint density at radius 3 is 1.36 bits per heavy atom. The zero-order valence-electron chi connectivity index (χ0n) is 25.6. The number of hydrogen-bond acceptors (Lipinski definition) is 2. The van der Waals surface area contributed by atoms with Gasteiger partial charge in [0, 0.05) is 23.2 Å². The summed E-state index contributed by atoms with van der Waals surface area (Å²) in [5.74, 6) is 0. The first-order valence-electron chi connectivity index (χ1n) is 13.9. The van der Waals surface area contributed by atoms with E-state index < -0.39 is 0 Å². The van der Waals surface area contributed by atoms with Crippen molar-refractivity contribution in [3.63, 3.8) is 0 Å². The van der Waals surface area contributed by atoms with Gasteiger partial charge in [-0.1, -0.05) is 73.5 Å². The predicted molar refractivity (Wildman–Crippen MR) is 189 cm³/mol. The summed E-state index contributed by atoms with van der Waals surface area (Å²) in [6.45, 7) is 7.34. The molecule has 4 heteroatoms. The van der Waals surface area contributed by atoms with Gasteiger partial charge in [0.1, 0.15) is 0 Å². The van der Waals surface area contributed by atoms with Crippen LogP contribution in [-0.4, -0.2) is 16.8 Å². The summed E-state index contributed by atoms with van der Waals surface area (Å²) in [6.07, 6.45) is 3.94. The van der Waals surface area contributed by atoms with Crippen molar-refractivity contribution in [1.82, 2.24) is 9.97 Å². The first-order chi connectivity index (χ1) is 20.6. The van der Waals surface area contributed by atoms with Gasteiger partial charge in [0.15, 0.2) is 0 Å². The first-order valence-corrected chi connectivity index (χ1v) is 18.1. The van der Waals surface area contributed by atoms with Crippen LogP contribution in [0.4, 0.5) is 0 Å². The number of fused-ring (bicyclic) bond motifs is 4. The molecule has 6 aromatic carbocycles. The Hall–Kier alpha value is -3.98. The molecule has 2 nitrogen and oxygen atoms in total. The number of hydrogen-bond donors (Lipinski definition) is 0. The molecule has 44 heavy (non-hydrogen) atoms. The second-order valence-corrected chi connectivity index (χ2v) is 10.5. The van der Waals surface area contributed by atoms with Gasteiger partial charge in [-0.2, -0.15) is 12.1 Å². The Balaban J connectivity index is 0.000000182. The third kappa shape index (κ3) is 6.73. The van der Waals surface area contributed by atoms with Crippen LogP contribution in [0.15, 0.2) is 134 Å². The summed E-state index contributed by atoms with van der Waals surface area (Å²) < 4.78 is 0. The Bertz CT molecular complexity index is 2020. The third-order valence-electron chi connectivity index (χ3n) is 7.59. The first kappa shape index (κ1) is 32.9. The average molecular weight is 662 g/mol. The Labute approximate surface area is 277 Å². The van der Waals surface area contributed by atoms with Crippen LogP contribution in [0.3, 0.4) is 0 Å². The molecule has 2 radical (unpaired) electrons. The Kier molecular flexibility index (Phi) is 11.0. The molecule has 0 aliphatic carbocycles. The van der Waals surface area contributed by atoms with Gasteiger partial charge in [-0.3, -0.25) is 9.97 Å². The summed E-state index contributed by atoms with van der Waals surface area (Å²) in [6, 6.07) is 42.8. The van der Waals surface area contributed by atoms with E-state index in [4.69, 9.17) is 0 Å². The maximum atomic E-state index is 4.57. The van der Waals surface area contributed by atoms with E-state index >= 15 is 0 Å². The second kappa shape index (κ2) is 14.7. The van der Waals surface area contributed by atoms with Crippen molar-refractivity contribution in [1.29, 1.82) is 0 Å². The van der Waals surface area contributed by atoms with E-state index in [1.54, 1.807) is 0 Å². The molecule has 2 aromatic heterocycles. The number of pyridine rings is 2. The third-order valence-corrected chi connectivity index (χ3v) is 7.59. The zero-order valence-corrected chi connectivity index (χ0v) is 29.1. The van der Waals surface area contributed by atoms with Crippen molar-refractivity contribution in [2.75, 3.05) is 0 Å². The summed E-state index contributed by atoms with van der Waals surface area (Å²) >= 11 is 1.36. The van der Waals surface area contributed by atoms with Gasteiger partial charge in [0.25, 0.3) is 0 Å². The van der Waals surface area contributed by atoms with Crippen molar-refractivity contribution in [2.24, 2.45) is 0 Å². The zero-order chi connectivity index (χ0) is 29.1. The van der Waals surface area contributed by atoms with E-state index in [1.807, 2.05) is 36.7 Å². The van der Waals surface area contributed by atoms with Crippen LogP contribution >= 0.6 is 0 Å². The van der Waals surface area contributed by atoms with Crippen LogP contribution in [-0.2, 0) is 23.3 Å². The van der Waals surface area contributed by atoms with Gasteiger partial charge in [-0.05, 0) is 35.4 Å². The summed E-state index contributed by atoms with van der Waals surface area (Å²) in [4.78, 5) is 9.14. The number of benzene rings is 4. The molecule has 8 aromatic rings. The standard InChI is InChI=1S/2C19H14N.2CH3.Si.Zr/c2*1-13-9-14-6-4-7-17(18(14)10-13)16-11-15-5-2-3-8-19(15)20-12-16;;;;/h2*2-12H,1H3;2*1H3;;/q4*-1;;. The number of aromatic nitrogens is 2. The van der Waals surface area contributed by atoms with Crippen LogP contribution in [0.1, 0.15) is 11.1 Å². The summed E-state index contributed by atoms with van der Waals surface area (Å²) in [5, 5.41) is 7.58. The fourth-order valence-electron chi connectivity index (χ4n) is 5.71. The number of para-hydroxylation sites is 2. The molecule has 0 saturated heterocycles. The summed E-state index contributed by atoms with van der Waals surface area (Å²) in [7, 11) is 0. The molecule has 0 N–H and O–H groups in total. The molecule has 0 fully saturated rings. The molecular weight excluding hydrogens is 628 g/mol. The minimum absolute atomic E-state index is 0. The van der Waals surface area contributed by atoms with E-state index in [2.05, 4.69) is 128 Å². The molecule has 0 amide bonds. The van der Waals surface area contributed by atoms with Gasteiger partial charge in [0.2, 0.25) is 0 Å². The quantitative estimate of drug-likeness (QED) is 0.136. The van der Waals surface area contributed by atoms with E-state index in [0.29, 0.717) is 0 Å². The van der Waals surface area contributed by atoms with Crippen molar-refractivity contribution < 1.29 is 23.3 Å². The van der Waals surface area contributed by atoms with Crippen LogP contribution in [0.5, 0.6) is 0 Å². The number of aryl methyl sites for hydroxylation is 2. The van der Waals surface area contributed by atoms with Crippen LogP contribution in [0.2, 0.25) is 0 Å². The predicted octanol–water partition coefficient (Wildman–Crippen LogP) is 10.7. The normalized spacial score (nSPS) is 10.3. The van der Waals surface area contributed by atoms with E-state index in [9.17, 15) is 0 Å². The molecule has 0 atom stereocenters. The van der Waals surface area contributed by atoms with Crippen LogP contribution in [0.25, 0.3) is 65.6 Å². The molecule has 0 bridgehead atoms. The van der Waals surface area contributed by atoms with Gasteiger partial charge in [0.05, 0.1) is 11.0 Å². The molecule has 0 aliphatic heterocycles. The molecule has 0 spiro atoms. The Morgan fingerprint density at radius 2 is 0.932 bits per heavy atom. The van der Waals surface area contributed by atoms with Gasteiger partial charge in [-0.25, -0.2) is 0 Å². The summed E-state index contributed by atoms with van der Waals surface area (Å²) in [5.41, 5.74) is 9.58. The molecule has 0 aliphatic rings. The topological polar surface area (TPSA) is 25.8 Å². The van der Waals surface area contributed by atoms with Gasteiger partial charge in [-0.15, -0.1) is 69.1 Å². The van der Waals surface area contributed by atoms with Crippen molar-refractivity contribution >= 4 is 50.2 Å².